The van der Waals surface area contributed by atoms with Gasteiger partial charge in [-0.2, -0.15) is 0 Å². The fourth-order valence-corrected chi connectivity index (χ4v) is 2.63. The number of nitrogens with one attached hydrogen (secondary N) is 1. The van der Waals surface area contributed by atoms with E-state index in [9.17, 15) is 0 Å². The molecule has 0 bridgehead atoms. The first kappa shape index (κ1) is 10.2. The van der Waals surface area contributed by atoms with Crippen molar-refractivity contribution < 1.29 is 4.74 Å². The molecule has 2 fully saturated rings. The lowest BCUT2D eigenvalue weighted by atomic mass is 10.1. The summed E-state index contributed by atoms with van der Waals surface area (Å²) in [6.45, 7) is 3.05. The summed E-state index contributed by atoms with van der Waals surface area (Å²) in [7, 11) is 0. The molecule has 1 aromatic rings. The molecule has 2 aliphatic heterocycles. The Kier molecular flexibility index (Phi) is 2.88. The van der Waals surface area contributed by atoms with Gasteiger partial charge in [0.25, 0.3) is 0 Å². The Bertz CT molecular complexity index is 340. The SMILES string of the molecule is c1nnc(C2CCCO2)n1C1CCNCC1. The second-order valence-corrected chi connectivity index (χ2v) is 4.58. The van der Waals surface area contributed by atoms with Crippen molar-refractivity contribution in [2.45, 2.75) is 37.8 Å². The first-order valence-electron chi connectivity index (χ1n) is 6.17. The maximum Gasteiger partial charge on any atom is 0.162 e. The standard InChI is InChI=1S/C11H18N4O/c1-2-10(16-7-1)11-14-13-8-15(11)9-3-5-12-6-4-9/h8-10,12H,1-7H2. The quantitative estimate of drug-likeness (QED) is 0.812. The zero-order valence-electron chi connectivity index (χ0n) is 9.43. The van der Waals surface area contributed by atoms with Gasteiger partial charge in [0.1, 0.15) is 12.4 Å². The molecule has 1 aromatic heterocycles. The Morgan fingerprint density at radius 2 is 2.19 bits per heavy atom. The predicted molar refractivity (Wildman–Crippen MR) is 59.1 cm³/mol. The summed E-state index contributed by atoms with van der Waals surface area (Å²) >= 11 is 0. The highest BCUT2D eigenvalue weighted by Gasteiger charge is 2.26. The summed E-state index contributed by atoms with van der Waals surface area (Å²) in [5, 5.41) is 11.7. The molecule has 88 valence electrons. The number of hydrogen-bond donors (Lipinski definition) is 1. The zero-order chi connectivity index (χ0) is 10.8. The monoisotopic (exact) mass is 222 g/mol. The molecule has 0 radical (unpaired) electrons. The number of piperidine rings is 1. The van der Waals surface area contributed by atoms with Gasteiger partial charge in [-0.25, -0.2) is 0 Å². The molecule has 5 nitrogen and oxygen atoms in total. The summed E-state index contributed by atoms with van der Waals surface area (Å²) in [6, 6.07) is 0.551. The van der Waals surface area contributed by atoms with Crippen molar-refractivity contribution in [2.24, 2.45) is 0 Å². The van der Waals surface area contributed by atoms with Crippen molar-refractivity contribution in [3.63, 3.8) is 0 Å². The van der Waals surface area contributed by atoms with Crippen LogP contribution in [0.4, 0.5) is 0 Å². The van der Waals surface area contributed by atoms with Crippen molar-refractivity contribution in [2.75, 3.05) is 19.7 Å². The highest BCUT2D eigenvalue weighted by Crippen LogP contribution is 2.30. The molecule has 3 rings (SSSR count). The third kappa shape index (κ3) is 1.85. The van der Waals surface area contributed by atoms with E-state index >= 15 is 0 Å². The first-order chi connectivity index (χ1) is 7.95. The van der Waals surface area contributed by atoms with E-state index < -0.39 is 0 Å². The van der Waals surface area contributed by atoms with E-state index in [1.165, 1.54) is 0 Å². The molecule has 1 N–H and O–H groups in total. The van der Waals surface area contributed by atoms with E-state index in [-0.39, 0.29) is 6.10 Å². The van der Waals surface area contributed by atoms with Gasteiger partial charge in [-0.3, -0.25) is 0 Å². The first-order valence-corrected chi connectivity index (χ1v) is 6.17. The van der Waals surface area contributed by atoms with Gasteiger partial charge in [-0.1, -0.05) is 0 Å². The summed E-state index contributed by atoms with van der Waals surface area (Å²) in [6.07, 6.45) is 6.60. The molecular weight excluding hydrogens is 204 g/mol. The van der Waals surface area contributed by atoms with Crippen LogP contribution in [0, 0.1) is 0 Å². The van der Waals surface area contributed by atoms with Crippen LogP contribution in [0.1, 0.15) is 43.7 Å². The van der Waals surface area contributed by atoms with Crippen LogP contribution >= 0.6 is 0 Å². The second-order valence-electron chi connectivity index (χ2n) is 4.58. The highest BCUT2D eigenvalue weighted by atomic mass is 16.5. The summed E-state index contributed by atoms with van der Waals surface area (Å²) < 4.78 is 7.92. The molecule has 0 aliphatic carbocycles. The van der Waals surface area contributed by atoms with Gasteiger partial charge >= 0.3 is 0 Å². The minimum absolute atomic E-state index is 0.178. The lowest BCUT2D eigenvalue weighted by Crippen LogP contribution is -2.30. The van der Waals surface area contributed by atoms with Crippen molar-refractivity contribution in [1.82, 2.24) is 20.1 Å². The number of rotatable bonds is 2. The maximum absolute atomic E-state index is 5.69. The smallest absolute Gasteiger partial charge is 0.162 e. The van der Waals surface area contributed by atoms with Crippen LogP contribution in [0.2, 0.25) is 0 Å². The fraction of sp³-hybridized carbons (Fsp3) is 0.818. The number of aromatic nitrogens is 3. The van der Waals surface area contributed by atoms with E-state index in [2.05, 4.69) is 20.1 Å². The lowest BCUT2D eigenvalue weighted by molar-refractivity contribution is 0.0990. The molecule has 1 unspecified atom stereocenters. The molecule has 2 saturated heterocycles. The molecule has 3 heterocycles. The predicted octanol–water partition coefficient (Wildman–Crippen LogP) is 1.05. The molecule has 0 amide bonds. The minimum atomic E-state index is 0.178. The van der Waals surface area contributed by atoms with Crippen LogP contribution in [-0.2, 0) is 4.74 Å². The van der Waals surface area contributed by atoms with Crippen molar-refractivity contribution in [3.05, 3.63) is 12.2 Å². The van der Waals surface area contributed by atoms with E-state index in [1.54, 1.807) is 0 Å². The molecule has 0 spiro atoms. The van der Waals surface area contributed by atoms with Gasteiger partial charge in [0.2, 0.25) is 0 Å². The average Bonchev–Trinajstić information content (AvgIpc) is 3.01. The van der Waals surface area contributed by atoms with E-state index in [1.807, 2.05) is 6.33 Å². The average molecular weight is 222 g/mol. The molecule has 0 saturated carbocycles. The molecular formula is C11H18N4O. The molecule has 2 aliphatic rings. The number of nitrogens with zero attached hydrogens (tertiary/aromatic N) is 3. The topological polar surface area (TPSA) is 52.0 Å². The van der Waals surface area contributed by atoms with E-state index in [0.29, 0.717) is 6.04 Å². The summed E-state index contributed by atoms with van der Waals surface area (Å²) in [4.78, 5) is 0. The summed E-state index contributed by atoms with van der Waals surface area (Å²) in [5.74, 6) is 1.03. The van der Waals surface area contributed by atoms with Crippen molar-refractivity contribution in [1.29, 1.82) is 0 Å². The normalized spacial score (nSPS) is 27.4. The maximum atomic E-state index is 5.69. The van der Waals surface area contributed by atoms with Gasteiger partial charge in [0.05, 0.1) is 0 Å². The van der Waals surface area contributed by atoms with E-state index in [4.69, 9.17) is 4.74 Å². The van der Waals surface area contributed by atoms with Crippen LogP contribution in [0.25, 0.3) is 0 Å². The van der Waals surface area contributed by atoms with Crippen LogP contribution in [-0.4, -0.2) is 34.5 Å². The number of ether oxygens (including phenoxy) is 1. The molecule has 5 heteroatoms. The van der Waals surface area contributed by atoms with Gasteiger partial charge in [0, 0.05) is 12.6 Å². The van der Waals surface area contributed by atoms with Crippen molar-refractivity contribution >= 4 is 0 Å². The van der Waals surface area contributed by atoms with Gasteiger partial charge in [0.15, 0.2) is 5.82 Å². The Balaban J connectivity index is 1.80. The van der Waals surface area contributed by atoms with Crippen LogP contribution in [0.3, 0.4) is 0 Å². The Morgan fingerprint density at radius 3 is 2.94 bits per heavy atom. The van der Waals surface area contributed by atoms with E-state index in [0.717, 1.165) is 51.2 Å². The molecule has 0 aromatic carbocycles. The minimum Gasteiger partial charge on any atom is -0.370 e. The van der Waals surface area contributed by atoms with Gasteiger partial charge < -0.3 is 14.6 Å². The Labute approximate surface area is 95.2 Å². The second kappa shape index (κ2) is 4.51. The van der Waals surface area contributed by atoms with Crippen LogP contribution < -0.4 is 5.32 Å². The van der Waals surface area contributed by atoms with Crippen LogP contribution in [0.5, 0.6) is 0 Å². The largest absolute Gasteiger partial charge is 0.370 e. The molecule has 1 atom stereocenters. The van der Waals surface area contributed by atoms with Crippen LogP contribution in [0.15, 0.2) is 6.33 Å². The summed E-state index contributed by atoms with van der Waals surface area (Å²) in [5.41, 5.74) is 0. The zero-order valence-corrected chi connectivity index (χ0v) is 9.43. The Hall–Kier alpha value is -0.940. The van der Waals surface area contributed by atoms with Crippen molar-refractivity contribution in [3.8, 4) is 0 Å². The van der Waals surface area contributed by atoms with Gasteiger partial charge in [-0.05, 0) is 38.8 Å². The third-order valence-corrected chi connectivity index (χ3v) is 3.52. The highest BCUT2D eigenvalue weighted by molar-refractivity contribution is 4.97. The van der Waals surface area contributed by atoms with Gasteiger partial charge in [-0.15, -0.1) is 10.2 Å². The number of hydrogen-bond acceptors (Lipinski definition) is 4. The Morgan fingerprint density at radius 1 is 1.31 bits per heavy atom. The third-order valence-electron chi connectivity index (χ3n) is 3.52. The lowest BCUT2D eigenvalue weighted by Gasteiger charge is -2.25. The molecule has 16 heavy (non-hydrogen) atoms. The fourth-order valence-electron chi connectivity index (χ4n) is 2.63.